The van der Waals surface area contributed by atoms with Crippen molar-refractivity contribution in [2.75, 3.05) is 6.61 Å². The van der Waals surface area contributed by atoms with Gasteiger partial charge in [-0.05, 0) is 13.3 Å². The minimum absolute atomic E-state index is 0.255. The van der Waals surface area contributed by atoms with Crippen molar-refractivity contribution >= 4 is 46.7 Å². The van der Waals surface area contributed by atoms with Crippen LogP contribution < -0.4 is 5.32 Å². The molecule has 0 aliphatic carbocycles. The fourth-order valence-electron chi connectivity index (χ4n) is 0.769. The number of hydrogen-bond acceptors (Lipinski definition) is 3. The number of hydrogen-bond donors (Lipinski definition) is 1. The summed E-state index contributed by atoms with van der Waals surface area (Å²) in [6.07, 6.45) is 1.56. The van der Waals surface area contributed by atoms with E-state index in [9.17, 15) is 9.59 Å². The second-order valence-corrected chi connectivity index (χ2v) is 5.01. The zero-order chi connectivity index (χ0) is 12.8. The first-order valence-electron chi connectivity index (χ1n) is 4.56. The predicted molar refractivity (Wildman–Crippen MR) is 63.4 cm³/mol. The molecule has 1 amide bonds. The molecule has 0 radical (unpaired) electrons. The third-order valence-electron chi connectivity index (χ3n) is 1.49. The molecule has 0 bridgehead atoms. The van der Waals surface area contributed by atoms with Crippen LogP contribution in [-0.2, 0) is 14.3 Å². The van der Waals surface area contributed by atoms with Gasteiger partial charge in [-0.15, -0.1) is 0 Å². The van der Waals surface area contributed by atoms with Gasteiger partial charge in [0.15, 0.2) is 0 Å². The Hall–Kier alpha value is -0.450. The summed E-state index contributed by atoms with van der Waals surface area (Å²) in [5, 5.41) is 2.32. The van der Waals surface area contributed by atoms with E-state index < -0.39 is 15.7 Å². The van der Waals surface area contributed by atoms with Crippen LogP contribution in [0, 0.1) is 0 Å². The molecule has 4 nitrogen and oxygen atoms in total. The van der Waals surface area contributed by atoms with Gasteiger partial charge in [-0.1, -0.05) is 41.7 Å². The van der Waals surface area contributed by atoms with Crippen molar-refractivity contribution in [1.82, 2.24) is 5.32 Å². The highest BCUT2D eigenvalue weighted by molar-refractivity contribution is 6.76. The van der Waals surface area contributed by atoms with Crippen molar-refractivity contribution in [3.8, 4) is 0 Å². The first-order valence-corrected chi connectivity index (χ1v) is 5.70. The molecular formula is C9H12Cl3NO3. The lowest BCUT2D eigenvalue weighted by atomic mass is 10.3. The smallest absolute Gasteiger partial charge is 0.332 e. The number of alkyl halides is 3. The maximum Gasteiger partial charge on any atom is 0.332 e. The van der Waals surface area contributed by atoms with Crippen LogP contribution in [0.3, 0.4) is 0 Å². The lowest BCUT2D eigenvalue weighted by molar-refractivity contribution is -0.137. The van der Waals surface area contributed by atoms with E-state index in [0.29, 0.717) is 12.1 Å². The molecule has 0 atom stereocenters. The van der Waals surface area contributed by atoms with E-state index in [1.807, 2.05) is 0 Å². The van der Waals surface area contributed by atoms with E-state index in [0.717, 1.165) is 6.08 Å². The molecule has 0 aromatic heterocycles. The largest absolute Gasteiger partial charge is 0.463 e. The third kappa shape index (κ3) is 6.20. The molecule has 0 rings (SSSR count). The number of amides is 1. The van der Waals surface area contributed by atoms with E-state index >= 15 is 0 Å². The van der Waals surface area contributed by atoms with E-state index in [-0.39, 0.29) is 6.61 Å². The molecule has 16 heavy (non-hydrogen) atoms. The number of rotatable bonds is 4. The molecule has 0 saturated carbocycles. The van der Waals surface area contributed by atoms with Crippen LogP contribution in [-0.4, -0.2) is 22.3 Å². The van der Waals surface area contributed by atoms with Gasteiger partial charge < -0.3 is 10.1 Å². The van der Waals surface area contributed by atoms with Gasteiger partial charge in [0.2, 0.25) is 0 Å². The minimum Gasteiger partial charge on any atom is -0.463 e. The molecule has 0 saturated heterocycles. The van der Waals surface area contributed by atoms with Crippen LogP contribution in [0.4, 0.5) is 0 Å². The Kier molecular flexibility index (Phi) is 6.79. The first kappa shape index (κ1) is 15.6. The third-order valence-corrected chi connectivity index (χ3v) is 2.01. The van der Waals surface area contributed by atoms with Gasteiger partial charge >= 0.3 is 5.97 Å². The lowest BCUT2D eigenvalue weighted by Crippen LogP contribution is -2.34. The Bertz CT molecular complexity index is 297. The van der Waals surface area contributed by atoms with Gasteiger partial charge in [-0.3, -0.25) is 4.79 Å². The molecule has 0 heterocycles. The predicted octanol–water partition coefficient (Wildman–Crippen LogP) is 2.33. The number of halogens is 3. The van der Waals surface area contributed by atoms with E-state index in [1.54, 1.807) is 13.8 Å². The number of nitrogens with one attached hydrogen (secondary N) is 1. The Labute approximate surface area is 109 Å². The van der Waals surface area contributed by atoms with Crippen LogP contribution in [0.1, 0.15) is 20.3 Å². The highest BCUT2D eigenvalue weighted by Gasteiger charge is 2.30. The molecule has 7 heteroatoms. The molecule has 0 aliphatic heterocycles. The Morgan fingerprint density at radius 1 is 1.31 bits per heavy atom. The van der Waals surface area contributed by atoms with E-state index in [1.165, 1.54) is 0 Å². The summed E-state index contributed by atoms with van der Waals surface area (Å²) < 4.78 is 2.62. The Morgan fingerprint density at radius 3 is 2.25 bits per heavy atom. The second-order valence-electron chi connectivity index (χ2n) is 2.73. The highest BCUT2D eigenvalue weighted by atomic mass is 35.6. The van der Waals surface area contributed by atoms with Crippen molar-refractivity contribution < 1.29 is 14.3 Å². The maximum atomic E-state index is 11.3. The van der Waals surface area contributed by atoms with Gasteiger partial charge in [-0.25, -0.2) is 4.79 Å². The van der Waals surface area contributed by atoms with Crippen LogP contribution in [0.2, 0.25) is 0 Å². The van der Waals surface area contributed by atoms with E-state index in [4.69, 9.17) is 34.8 Å². The van der Waals surface area contributed by atoms with Crippen LogP contribution >= 0.6 is 34.8 Å². The summed E-state index contributed by atoms with van der Waals surface area (Å²) in [6.45, 7) is 3.67. The fourth-order valence-corrected chi connectivity index (χ4v) is 0.911. The number of carbonyl (C=O) groups excluding carboxylic acids is 2. The van der Waals surface area contributed by atoms with Crippen LogP contribution in [0.25, 0.3) is 0 Å². The average Bonchev–Trinajstić information content (AvgIpc) is 2.15. The normalized spacial score (nSPS) is 12.2. The molecular weight excluding hydrogens is 276 g/mol. The molecule has 1 N–H and O–H groups in total. The fraction of sp³-hybridized carbons (Fsp3) is 0.556. The SMILES string of the molecule is CCOC(=O)/C=C(\CC)NC(=O)C(Cl)(Cl)Cl. The summed E-state index contributed by atoms with van der Waals surface area (Å²) in [5.74, 6) is -1.36. The van der Waals surface area contributed by atoms with Crippen molar-refractivity contribution in [2.45, 2.75) is 24.1 Å². The van der Waals surface area contributed by atoms with Gasteiger partial charge in [0.25, 0.3) is 9.70 Å². The average molecular weight is 289 g/mol. The quantitative estimate of drug-likeness (QED) is 0.491. The number of esters is 1. The second kappa shape index (κ2) is 6.99. The molecule has 0 unspecified atom stereocenters. The van der Waals surface area contributed by atoms with Crippen molar-refractivity contribution in [3.63, 3.8) is 0 Å². The molecule has 0 aromatic rings. The Morgan fingerprint density at radius 2 is 1.88 bits per heavy atom. The van der Waals surface area contributed by atoms with Gasteiger partial charge in [0.1, 0.15) is 0 Å². The molecule has 0 spiro atoms. The number of ether oxygens (including phenoxy) is 1. The van der Waals surface area contributed by atoms with E-state index in [2.05, 4.69) is 10.1 Å². The number of carbonyl (C=O) groups is 2. The standard InChI is InChI=1S/C9H12Cl3NO3/c1-3-6(5-7(14)16-4-2)13-8(15)9(10,11)12/h5H,3-4H2,1-2H3,(H,13,15)/b6-5+. The lowest BCUT2D eigenvalue weighted by Gasteiger charge is -2.12. The molecule has 0 aliphatic rings. The highest BCUT2D eigenvalue weighted by Crippen LogP contribution is 2.26. The van der Waals surface area contributed by atoms with Gasteiger partial charge in [-0.2, -0.15) is 0 Å². The summed E-state index contributed by atoms with van der Waals surface area (Å²) in [4.78, 5) is 22.4. The monoisotopic (exact) mass is 287 g/mol. The van der Waals surface area contributed by atoms with Crippen molar-refractivity contribution in [1.29, 1.82) is 0 Å². The first-order chi connectivity index (χ1) is 7.31. The molecule has 0 aromatic carbocycles. The van der Waals surface area contributed by atoms with Crippen molar-refractivity contribution in [3.05, 3.63) is 11.8 Å². The summed E-state index contributed by atoms with van der Waals surface area (Å²) in [5.41, 5.74) is 0.328. The molecule has 0 fully saturated rings. The van der Waals surface area contributed by atoms with Crippen LogP contribution in [0.5, 0.6) is 0 Å². The summed E-state index contributed by atoms with van der Waals surface area (Å²) in [6, 6.07) is 0. The van der Waals surface area contributed by atoms with Gasteiger partial charge in [0.05, 0.1) is 6.61 Å². The zero-order valence-corrected chi connectivity index (χ0v) is 11.1. The number of allylic oxidation sites excluding steroid dienone is 1. The summed E-state index contributed by atoms with van der Waals surface area (Å²) in [7, 11) is 0. The van der Waals surface area contributed by atoms with Crippen molar-refractivity contribution in [2.24, 2.45) is 0 Å². The maximum absolute atomic E-state index is 11.3. The topological polar surface area (TPSA) is 55.4 Å². The Balaban J connectivity index is 4.53. The molecule has 92 valence electrons. The van der Waals surface area contributed by atoms with Crippen LogP contribution in [0.15, 0.2) is 11.8 Å². The van der Waals surface area contributed by atoms with Gasteiger partial charge in [0, 0.05) is 11.8 Å². The zero-order valence-electron chi connectivity index (χ0n) is 8.85. The summed E-state index contributed by atoms with van der Waals surface area (Å²) >= 11 is 16.1. The minimum atomic E-state index is -2.05.